The molecule has 0 aliphatic heterocycles. The number of nitrogens with zero attached hydrogens (tertiary/aromatic N) is 2. The molecule has 3 aromatic rings. The lowest BCUT2D eigenvalue weighted by Crippen LogP contribution is -2.08. The highest BCUT2D eigenvalue weighted by atomic mass is 35.5. The van der Waals surface area contributed by atoms with Gasteiger partial charge in [0.25, 0.3) is 0 Å². The minimum Gasteiger partial charge on any atom is -0.482 e. The Balaban J connectivity index is 1.74. The lowest BCUT2D eigenvalue weighted by atomic mass is 10.2. The first-order valence-electron chi connectivity index (χ1n) is 7.05. The van der Waals surface area contributed by atoms with E-state index in [1.54, 1.807) is 30.6 Å². The molecule has 2 aromatic carbocycles. The largest absolute Gasteiger partial charge is 0.482 e. The third-order valence-corrected chi connectivity index (χ3v) is 3.79. The van der Waals surface area contributed by atoms with E-state index in [4.69, 9.17) is 27.9 Å². The number of hydrogen-bond acceptors (Lipinski definition) is 2. The van der Waals surface area contributed by atoms with E-state index in [0.717, 1.165) is 11.6 Å². The SMILES string of the molecule is Fc1cccc(OCc2nccn2Cc2cc(Cl)cc(Cl)c2)c1F. The Morgan fingerprint density at radius 3 is 2.58 bits per heavy atom. The Morgan fingerprint density at radius 1 is 1.08 bits per heavy atom. The molecule has 0 aliphatic rings. The van der Waals surface area contributed by atoms with E-state index in [2.05, 4.69) is 4.98 Å². The van der Waals surface area contributed by atoms with Gasteiger partial charge in [-0.25, -0.2) is 9.37 Å². The molecule has 0 saturated carbocycles. The second-order valence-corrected chi connectivity index (χ2v) is 5.96. The van der Waals surface area contributed by atoms with Gasteiger partial charge in [-0.2, -0.15) is 4.39 Å². The van der Waals surface area contributed by atoms with Gasteiger partial charge in [0.05, 0.1) is 0 Å². The van der Waals surface area contributed by atoms with E-state index in [9.17, 15) is 8.78 Å². The third kappa shape index (κ3) is 3.86. The molecule has 0 unspecified atom stereocenters. The molecule has 124 valence electrons. The third-order valence-electron chi connectivity index (χ3n) is 3.35. The van der Waals surface area contributed by atoms with Crippen molar-refractivity contribution >= 4 is 23.2 Å². The van der Waals surface area contributed by atoms with Crippen molar-refractivity contribution in [3.8, 4) is 5.75 Å². The minimum atomic E-state index is -1.02. The van der Waals surface area contributed by atoms with Gasteiger partial charge in [-0.1, -0.05) is 29.3 Å². The van der Waals surface area contributed by atoms with Gasteiger partial charge in [0.2, 0.25) is 5.82 Å². The molecular weight excluding hydrogens is 357 g/mol. The molecule has 7 heteroatoms. The summed E-state index contributed by atoms with van der Waals surface area (Å²) in [6, 6.07) is 9.02. The highest BCUT2D eigenvalue weighted by Crippen LogP contribution is 2.22. The molecule has 0 fully saturated rings. The maximum absolute atomic E-state index is 13.6. The molecule has 1 aromatic heterocycles. The second-order valence-electron chi connectivity index (χ2n) is 5.09. The zero-order valence-electron chi connectivity index (χ0n) is 12.3. The molecule has 0 aliphatic carbocycles. The van der Waals surface area contributed by atoms with Gasteiger partial charge < -0.3 is 9.30 Å². The molecule has 0 N–H and O–H groups in total. The summed E-state index contributed by atoms with van der Waals surface area (Å²) in [7, 11) is 0. The Labute approximate surface area is 147 Å². The van der Waals surface area contributed by atoms with E-state index in [-0.39, 0.29) is 12.4 Å². The Morgan fingerprint density at radius 2 is 1.83 bits per heavy atom. The molecule has 1 heterocycles. The van der Waals surface area contributed by atoms with Gasteiger partial charge in [0, 0.05) is 29.0 Å². The van der Waals surface area contributed by atoms with Gasteiger partial charge in [-0.3, -0.25) is 0 Å². The second kappa shape index (κ2) is 7.20. The van der Waals surface area contributed by atoms with Crippen LogP contribution in [0.5, 0.6) is 5.75 Å². The van der Waals surface area contributed by atoms with Crippen LogP contribution in [0.1, 0.15) is 11.4 Å². The van der Waals surface area contributed by atoms with Crippen LogP contribution in [0, 0.1) is 11.6 Å². The molecule has 0 spiro atoms. The molecule has 3 rings (SSSR count). The van der Waals surface area contributed by atoms with Crippen LogP contribution in [0.4, 0.5) is 8.78 Å². The maximum atomic E-state index is 13.6. The molecule has 24 heavy (non-hydrogen) atoms. The summed E-state index contributed by atoms with van der Waals surface area (Å²) in [6.45, 7) is 0.478. The van der Waals surface area contributed by atoms with Crippen molar-refractivity contribution in [2.24, 2.45) is 0 Å². The molecule has 0 bridgehead atoms. The number of aromatic nitrogens is 2. The summed E-state index contributed by atoms with van der Waals surface area (Å²) in [5, 5.41) is 1.08. The summed E-state index contributed by atoms with van der Waals surface area (Å²) in [4.78, 5) is 4.18. The normalized spacial score (nSPS) is 10.8. The van der Waals surface area contributed by atoms with Gasteiger partial charge >= 0.3 is 0 Å². The minimum absolute atomic E-state index is 0.00166. The summed E-state index contributed by atoms with van der Waals surface area (Å²) >= 11 is 12.0. The zero-order valence-corrected chi connectivity index (χ0v) is 13.9. The van der Waals surface area contributed by atoms with Gasteiger partial charge in [-0.05, 0) is 35.9 Å². The Bertz CT molecular complexity index is 847. The molecule has 0 atom stereocenters. The molecule has 0 radical (unpaired) electrons. The van der Waals surface area contributed by atoms with Crippen molar-refractivity contribution in [2.75, 3.05) is 0 Å². The molecule has 3 nitrogen and oxygen atoms in total. The zero-order chi connectivity index (χ0) is 17.1. The van der Waals surface area contributed by atoms with Crippen molar-refractivity contribution in [3.63, 3.8) is 0 Å². The Hall–Kier alpha value is -2.11. The maximum Gasteiger partial charge on any atom is 0.200 e. The fourth-order valence-corrected chi connectivity index (χ4v) is 2.83. The molecular formula is C17H12Cl2F2N2O. The van der Waals surface area contributed by atoms with E-state index < -0.39 is 11.6 Å². The van der Waals surface area contributed by atoms with Crippen molar-refractivity contribution in [1.29, 1.82) is 0 Å². The van der Waals surface area contributed by atoms with Gasteiger partial charge in [0.15, 0.2) is 11.6 Å². The van der Waals surface area contributed by atoms with Gasteiger partial charge in [0.1, 0.15) is 12.4 Å². The average Bonchev–Trinajstić information content (AvgIpc) is 2.95. The highest BCUT2D eigenvalue weighted by Gasteiger charge is 2.11. The fourth-order valence-electron chi connectivity index (χ4n) is 2.26. The molecule has 0 amide bonds. The van der Waals surface area contributed by atoms with Crippen LogP contribution in [0.3, 0.4) is 0 Å². The van der Waals surface area contributed by atoms with Crippen LogP contribution in [-0.2, 0) is 13.2 Å². The predicted molar refractivity (Wildman–Crippen MR) is 88.5 cm³/mol. The summed E-state index contributed by atoms with van der Waals surface area (Å²) in [6.07, 6.45) is 3.36. The first-order chi connectivity index (χ1) is 11.5. The van der Waals surface area contributed by atoms with Crippen LogP contribution in [0.15, 0.2) is 48.8 Å². The van der Waals surface area contributed by atoms with Crippen LogP contribution in [-0.4, -0.2) is 9.55 Å². The standard InChI is InChI=1S/C17H12Cl2F2N2O/c18-12-6-11(7-13(19)8-12)9-23-5-4-22-16(23)10-24-15-3-1-2-14(20)17(15)21/h1-8H,9-10H2. The summed E-state index contributed by atoms with van der Waals surface area (Å²) < 4.78 is 34.0. The monoisotopic (exact) mass is 368 g/mol. The van der Waals surface area contributed by atoms with Crippen molar-refractivity contribution in [2.45, 2.75) is 13.2 Å². The smallest absolute Gasteiger partial charge is 0.200 e. The van der Waals surface area contributed by atoms with Crippen LogP contribution in [0.2, 0.25) is 10.0 Å². The quantitative estimate of drug-likeness (QED) is 0.626. The Kier molecular flexibility index (Phi) is 5.02. The topological polar surface area (TPSA) is 27.1 Å². The van der Waals surface area contributed by atoms with E-state index in [1.165, 1.54) is 12.1 Å². The number of ether oxygens (including phenoxy) is 1. The van der Waals surface area contributed by atoms with Crippen LogP contribution >= 0.6 is 23.2 Å². The van der Waals surface area contributed by atoms with Crippen molar-refractivity contribution in [1.82, 2.24) is 9.55 Å². The lowest BCUT2D eigenvalue weighted by molar-refractivity contribution is 0.271. The predicted octanol–water partition coefficient (Wildman–Crippen LogP) is 5.10. The van der Waals surface area contributed by atoms with Crippen LogP contribution < -0.4 is 4.74 Å². The number of benzene rings is 2. The number of imidazole rings is 1. The van der Waals surface area contributed by atoms with Crippen molar-refractivity contribution in [3.05, 3.63) is 81.9 Å². The summed E-state index contributed by atoms with van der Waals surface area (Å²) in [5.74, 6) is -1.56. The average molecular weight is 369 g/mol. The number of rotatable bonds is 5. The molecule has 0 saturated heterocycles. The first-order valence-corrected chi connectivity index (χ1v) is 7.80. The van der Waals surface area contributed by atoms with Crippen LogP contribution in [0.25, 0.3) is 0 Å². The van der Waals surface area contributed by atoms with E-state index in [0.29, 0.717) is 22.4 Å². The van der Waals surface area contributed by atoms with Gasteiger partial charge in [-0.15, -0.1) is 0 Å². The first kappa shape index (κ1) is 16.7. The number of hydrogen-bond donors (Lipinski definition) is 0. The highest BCUT2D eigenvalue weighted by molar-refractivity contribution is 6.34. The van der Waals surface area contributed by atoms with E-state index in [1.807, 2.05) is 4.57 Å². The van der Waals surface area contributed by atoms with E-state index >= 15 is 0 Å². The summed E-state index contributed by atoms with van der Waals surface area (Å²) in [5.41, 5.74) is 0.892. The lowest BCUT2D eigenvalue weighted by Gasteiger charge is -2.11. The fraction of sp³-hybridized carbons (Fsp3) is 0.118. The number of halogens is 4. The van der Waals surface area contributed by atoms with Crippen molar-refractivity contribution < 1.29 is 13.5 Å².